The average molecular weight is 469 g/mol. The van der Waals surface area contributed by atoms with Crippen LogP contribution in [-0.2, 0) is 18.8 Å². The minimum atomic E-state index is -5.43. The van der Waals surface area contributed by atoms with E-state index in [1.54, 1.807) is 13.8 Å². The standard InChI is InChI=1S/C18H15ClF6N4O2/c1-8(2)29-7-26-12-13(15(29)30)27-28(3)14(12)16(31,18(23,24)25)9-4-5-10(11(19)6-9)17(20,21)22/h4-8,31H,1-3H3/t16-/m1/s1. The number of hydrogen-bond acceptors (Lipinski definition) is 4. The highest BCUT2D eigenvalue weighted by molar-refractivity contribution is 6.31. The molecule has 0 aliphatic carbocycles. The molecule has 168 valence electrons. The Hall–Kier alpha value is -2.60. The molecule has 3 aromatic rings. The molecular weight excluding hydrogens is 454 g/mol. The highest BCUT2D eigenvalue weighted by atomic mass is 35.5. The summed E-state index contributed by atoms with van der Waals surface area (Å²) >= 11 is 5.58. The number of rotatable bonds is 3. The number of halogens is 7. The number of aryl methyl sites for hydroxylation is 1. The Morgan fingerprint density at radius 3 is 2.19 bits per heavy atom. The summed E-state index contributed by atoms with van der Waals surface area (Å²) in [5, 5.41) is 13.6. The molecule has 0 unspecified atom stereocenters. The van der Waals surface area contributed by atoms with Crippen LogP contribution in [-0.4, -0.2) is 30.6 Å². The van der Waals surface area contributed by atoms with Gasteiger partial charge in [0.05, 0.1) is 16.9 Å². The Bertz CT molecular complexity index is 1210. The Morgan fingerprint density at radius 2 is 1.71 bits per heavy atom. The van der Waals surface area contributed by atoms with Crippen LogP contribution in [0, 0.1) is 0 Å². The topological polar surface area (TPSA) is 72.9 Å². The van der Waals surface area contributed by atoms with Gasteiger partial charge in [-0.1, -0.05) is 17.7 Å². The summed E-state index contributed by atoms with van der Waals surface area (Å²) in [6, 6.07) is 0.819. The zero-order valence-electron chi connectivity index (χ0n) is 16.2. The highest BCUT2D eigenvalue weighted by Gasteiger charge is 2.59. The average Bonchev–Trinajstić information content (AvgIpc) is 2.96. The molecule has 0 spiro atoms. The van der Waals surface area contributed by atoms with Gasteiger partial charge in [-0.25, -0.2) is 4.98 Å². The number of benzene rings is 1. The summed E-state index contributed by atoms with van der Waals surface area (Å²) in [7, 11) is 1.05. The lowest BCUT2D eigenvalue weighted by atomic mass is 9.88. The maximum absolute atomic E-state index is 14.2. The van der Waals surface area contributed by atoms with Gasteiger partial charge < -0.3 is 5.11 Å². The molecule has 0 fully saturated rings. The molecule has 0 radical (unpaired) electrons. The number of aromatic nitrogens is 4. The van der Waals surface area contributed by atoms with Crippen molar-refractivity contribution in [2.45, 2.75) is 37.8 Å². The largest absolute Gasteiger partial charge is 0.427 e. The number of hydrogen-bond donors (Lipinski definition) is 1. The van der Waals surface area contributed by atoms with Gasteiger partial charge in [0.25, 0.3) is 5.56 Å². The van der Waals surface area contributed by atoms with E-state index < -0.39 is 56.4 Å². The van der Waals surface area contributed by atoms with Gasteiger partial charge in [-0.2, -0.15) is 31.4 Å². The lowest BCUT2D eigenvalue weighted by molar-refractivity contribution is -0.250. The molecule has 6 nitrogen and oxygen atoms in total. The van der Waals surface area contributed by atoms with Gasteiger partial charge in [0, 0.05) is 18.7 Å². The van der Waals surface area contributed by atoms with Crippen LogP contribution in [0.1, 0.15) is 36.7 Å². The van der Waals surface area contributed by atoms with Gasteiger partial charge >= 0.3 is 12.4 Å². The summed E-state index contributed by atoms with van der Waals surface area (Å²) in [6.07, 6.45) is -9.32. The molecule has 31 heavy (non-hydrogen) atoms. The molecule has 0 amide bonds. The SMILES string of the molecule is CC(C)n1cnc2c([C@](O)(c3ccc(C(F)(F)F)c(Cl)c3)C(F)(F)F)n(C)nc2c1=O. The van der Waals surface area contributed by atoms with Crippen LogP contribution in [0.15, 0.2) is 29.3 Å². The van der Waals surface area contributed by atoms with Crippen molar-refractivity contribution >= 4 is 22.6 Å². The molecule has 0 bridgehead atoms. The van der Waals surface area contributed by atoms with E-state index in [1.807, 2.05) is 0 Å². The van der Waals surface area contributed by atoms with Gasteiger partial charge in [0.2, 0.25) is 5.60 Å². The molecule has 0 saturated carbocycles. The predicted molar refractivity (Wildman–Crippen MR) is 98.7 cm³/mol. The zero-order chi connectivity index (χ0) is 23.5. The monoisotopic (exact) mass is 468 g/mol. The van der Waals surface area contributed by atoms with Crippen LogP contribution >= 0.6 is 11.6 Å². The third kappa shape index (κ3) is 3.57. The van der Waals surface area contributed by atoms with Gasteiger partial charge in [-0.3, -0.25) is 14.0 Å². The molecule has 2 heterocycles. The fourth-order valence-corrected chi connectivity index (χ4v) is 3.54. The van der Waals surface area contributed by atoms with Crippen LogP contribution in [0.5, 0.6) is 0 Å². The van der Waals surface area contributed by atoms with Crippen LogP contribution in [0.3, 0.4) is 0 Å². The van der Waals surface area contributed by atoms with E-state index in [1.165, 1.54) is 0 Å². The van der Waals surface area contributed by atoms with Crippen molar-refractivity contribution in [2.24, 2.45) is 7.05 Å². The van der Waals surface area contributed by atoms with Crippen molar-refractivity contribution in [3.8, 4) is 0 Å². The number of nitrogens with zero attached hydrogens (tertiary/aromatic N) is 4. The third-order valence-corrected chi connectivity index (χ3v) is 5.08. The first-order valence-corrected chi connectivity index (χ1v) is 9.09. The van der Waals surface area contributed by atoms with E-state index in [0.717, 1.165) is 17.9 Å². The third-order valence-electron chi connectivity index (χ3n) is 4.77. The first-order valence-electron chi connectivity index (χ1n) is 8.71. The Kier molecular flexibility index (Phi) is 5.38. The van der Waals surface area contributed by atoms with Crippen molar-refractivity contribution in [3.05, 3.63) is 56.7 Å². The van der Waals surface area contributed by atoms with Gasteiger partial charge in [0.1, 0.15) is 11.2 Å². The second kappa shape index (κ2) is 7.23. The maximum Gasteiger partial charge on any atom is 0.427 e. The van der Waals surface area contributed by atoms with E-state index >= 15 is 0 Å². The first-order chi connectivity index (χ1) is 14.1. The second-order valence-electron chi connectivity index (χ2n) is 7.12. The Morgan fingerprint density at radius 1 is 1.10 bits per heavy atom. The zero-order valence-corrected chi connectivity index (χ0v) is 16.9. The van der Waals surface area contributed by atoms with E-state index in [4.69, 9.17) is 11.6 Å². The van der Waals surface area contributed by atoms with Gasteiger partial charge in [-0.15, -0.1) is 0 Å². The van der Waals surface area contributed by atoms with Crippen LogP contribution in [0.4, 0.5) is 26.3 Å². The number of aliphatic hydroxyl groups is 1. The summed E-state index contributed by atoms with van der Waals surface area (Å²) in [6.45, 7) is 3.30. The molecule has 0 saturated heterocycles. The van der Waals surface area contributed by atoms with Crippen molar-refractivity contribution in [2.75, 3.05) is 0 Å². The smallest absolute Gasteiger partial charge is 0.371 e. The molecule has 0 aliphatic heterocycles. The Labute approximate surface area is 175 Å². The van der Waals surface area contributed by atoms with Crippen LogP contribution in [0.25, 0.3) is 11.0 Å². The minimum Gasteiger partial charge on any atom is -0.371 e. The summed E-state index contributed by atoms with van der Waals surface area (Å²) in [5.74, 6) is 0. The van der Waals surface area contributed by atoms with Crippen molar-refractivity contribution < 1.29 is 31.4 Å². The maximum atomic E-state index is 14.2. The summed E-state index contributed by atoms with van der Waals surface area (Å²) in [5.41, 5.74) is -8.86. The second-order valence-corrected chi connectivity index (χ2v) is 7.53. The first kappa shape index (κ1) is 23.1. The minimum absolute atomic E-state index is 0.339. The van der Waals surface area contributed by atoms with Crippen LogP contribution < -0.4 is 5.56 Å². The molecule has 0 aliphatic rings. The fraction of sp³-hybridized carbons (Fsp3) is 0.389. The molecule has 2 aromatic heterocycles. The molecule has 3 rings (SSSR count). The molecule has 1 N–H and O–H groups in total. The molecule has 1 aromatic carbocycles. The van der Waals surface area contributed by atoms with E-state index in [0.29, 0.717) is 22.9 Å². The van der Waals surface area contributed by atoms with E-state index in [9.17, 15) is 36.2 Å². The number of alkyl halides is 6. The summed E-state index contributed by atoms with van der Waals surface area (Å²) in [4.78, 5) is 16.5. The number of fused-ring (bicyclic) bond motifs is 1. The van der Waals surface area contributed by atoms with Crippen molar-refractivity contribution in [3.63, 3.8) is 0 Å². The fourth-order valence-electron chi connectivity index (χ4n) is 3.25. The summed E-state index contributed by atoms with van der Waals surface area (Å²) < 4.78 is 83.2. The van der Waals surface area contributed by atoms with Gasteiger partial charge in [0.15, 0.2) is 5.52 Å². The lowest BCUT2D eigenvalue weighted by Crippen LogP contribution is -2.45. The van der Waals surface area contributed by atoms with E-state index in [-0.39, 0.29) is 6.04 Å². The Balaban J connectivity index is 2.37. The highest BCUT2D eigenvalue weighted by Crippen LogP contribution is 2.47. The van der Waals surface area contributed by atoms with Gasteiger partial charge in [-0.05, 0) is 26.0 Å². The van der Waals surface area contributed by atoms with Crippen molar-refractivity contribution in [1.82, 2.24) is 19.3 Å². The van der Waals surface area contributed by atoms with Crippen LogP contribution in [0.2, 0.25) is 5.02 Å². The molecular formula is C18H15ClF6N4O2. The molecule has 1 atom stereocenters. The normalized spacial score (nSPS) is 15.0. The van der Waals surface area contributed by atoms with Crippen molar-refractivity contribution in [1.29, 1.82) is 0 Å². The quantitative estimate of drug-likeness (QED) is 0.585. The lowest BCUT2D eigenvalue weighted by Gasteiger charge is -2.31. The molecule has 13 heteroatoms. The predicted octanol–water partition coefficient (Wildman–Crippen LogP) is 4.18. The van der Waals surface area contributed by atoms with E-state index in [2.05, 4.69) is 10.1 Å².